The van der Waals surface area contributed by atoms with Crippen molar-refractivity contribution in [2.45, 2.75) is 58.6 Å². The highest BCUT2D eigenvalue weighted by Crippen LogP contribution is 2.27. The summed E-state index contributed by atoms with van der Waals surface area (Å²) in [6.45, 7) is 8.14. The molecular weight excluding hydrogens is 266 g/mol. The molecule has 0 N–H and O–H groups in total. The van der Waals surface area contributed by atoms with Gasteiger partial charge in [0, 0.05) is 6.54 Å². The zero-order valence-corrected chi connectivity index (χ0v) is 13.0. The molecule has 0 aliphatic carbocycles. The summed E-state index contributed by atoms with van der Waals surface area (Å²) >= 11 is 5.65. The SMILES string of the molecule is CCC1CCN(C(=O)OC(C)(C)C)C(C(=O)CCl)C1. The van der Waals surface area contributed by atoms with E-state index in [1.54, 1.807) is 4.90 Å². The molecule has 1 heterocycles. The van der Waals surface area contributed by atoms with Crippen LogP contribution in [0.25, 0.3) is 0 Å². The van der Waals surface area contributed by atoms with Crippen molar-refractivity contribution in [2.24, 2.45) is 5.92 Å². The monoisotopic (exact) mass is 289 g/mol. The van der Waals surface area contributed by atoms with Crippen LogP contribution in [-0.2, 0) is 9.53 Å². The lowest BCUT2D eigenvalue weighted by Crippen LogP contribution is -2.51. The molecule has 2 unspecified atom stereocenters. The minimum atomic E-state index is -0.548. The number of amides is 1. The number of likely N-dealkylation sites (tertiary alicyclic amines) is 1. The van der Waals surface area contributed by atoms with E-state index in [1.165, 1.54) is 0 Å². The highest BCUT2D eigenvalue weighted by molar-refractivity contribution is 6.28. The zero-order chi connectivity index (χ0) is 14.6. The third kappa shape index (κ3) is 4.68. The van der Waals surface area contributed by atoms with Crippen molar-refractivity contribution in [1.82, 2.24) is 4.90 Å². The summed E-state index contributed by atoms with van der Waals surface area (Å²) in [6, 6.07) is -0.425. The molecule has 4 nitrogen and oxygen atoms in total. The molecule has 110 valence electrons. The van der Waals surface area contributed by atoms with Crippen LogP contribution in [0.3, 0.4) is 0 Å². The summed E-state index contributed by atoms with van der Waals surface area (Å²) in [7, 11) is 0. The van der Waals surface area contributed by atoms with Crippen LogP contribution < -0.4 is 0 Å². The van der Waals surface area contributed by atoms with Gasteiger partial charge in [-0.3, -0.25) is 9.69 Å². The first kappa shape index (κ1) is 16.3. The molecule has 1 saturated heterocycles. The molecule has 0 saturated carbocycles. The van der Waals surface area contributed by atoms with Crippen molar-refractivity contribution >= 4 is 23.5 Å². The first-order valence-corrected chi connectivity index (χ1v) is 7.40. The van der Waals surface area contributed by atoms with E-state index in [2.05, 4.69) is 6.92 Å². The van der Waals surface area contributed by atoms with Gasteiger partial charge >= 0.3 is 6.09 Å². The lowest BCUT2D eigenvalue weighted by atomic mass is 9.87. The third-order valence-corrected chi connectivity index (χ3v) is 3.68. The average molecular weight is 290 g/mol. The molecule has 0 radical (unpaired) electrons. The highest BCUT2D eigenvalue weighted by Gasteiger charge is 2.37. The van der Waals surface area contributed by atoms with Crippen LogP contribution in [-0.4, -0.2) is 40.8 Å². The maximum atomic E-state index is 12.1. The van der Waals surface area contributed by atoms with Gasteiger partial charge in [-0.1, -0.05) is 13.3 Å². The fraction of sp³-hybridized carbons (Fsp3) is 0.857. The van der Waals surface area contributed by atoms with Gasteiger partial charge in [-0.25, -0.2) is 4.79 Å². The number of piperidine rings is 1. The standard InChI is InChI=1S/C14H24ClNO3/c1-5-10-6-7-16(11(8-10)12(17)9-15)13(18)19-14(2,3)4/h10-11H,5-9H2,1-4H3. The Labute approximate surface area is 120 Å². The van der Waals surface area contributed by atoms with E-state index in [0.717, 1.165) is 12.8 Å². The van der Waals surface area contributed by atoms with Crippen LogP contribution >= 0.6 is 11.6 Å². The Hall–Kier alpha value is -0.770. The van der Waals surface area contributed by atoms with E-state index < -0.39 is 17.7 Å². The summed E-state index contributed by atoms with van der Waals surface area (Å²) in [6.07, 6.45) is 2.22. The smallest absolute Gasteiger partial charge is 0.410 e. The average Bonchev–Trinajstić information content (AvgIpc) is 2.35. The van der Waals surface area contributed by atoms with Gasteiger partial charge in [0.15, 0.2) is 5.78 Å². The number of nitrogens with zero attached hydrogens (tertiary/aromatic N) is 1. The maximum Gasteiger partial charge on any atom is 0.410 e. The van der Waals surface area contributed by atoms with Crippen LogP contribution in [0.1, 0.15) is 47.0 Å². The number of carbonyl (C=O) groups is 2. The summed E-state index contributed by atoms with van der Waals surface area (Å²) in [5, 5.41) is 0. The van der Waals surface area contributed by atoms with Gasteiger partial charge in [0.05, 0.1) is 11.9 Å². The molecule has 1 rings (SSSR count). The second-order valence-electron chi connectivity index (χ2n) is 6.09. The molecule has 0 aromatic rings. The second kappa shape index (κ2) is 6.60. The van der Waals surface area contributed by atoms with Crippen LogP contribution in [0.15, 0.2) is 0 Å². The minimum absolute atomic E-state index is 0.0552. The van der Waals surface area contributed by atoms with Crippen LogP contribution in [0.2, 0.25) is 0 Å². The molecule has 0 bridgehead atoms. The van der Waals surface area contributed by atoms with E-state index >= 15 is 0 Å². The fourth-order valence-electron chi connectivity index (χ4n) is 2.34. The lowest BCUT2D eigenvalue weighted by molar-refractivity contribution is -0.123. The number of hydrogen-bond acceptors (Lipinski definition) is 3. The van der Waals surface area contributed by atoms with E-state index in [9.17, 15) is 9.59 Å². The van der Waals surface area contributed by atoms with Gasteiger partial charge in [0.25, 0.3) is 0 Å². The third-order valence-electron chi connectivity index (χ3n) is 3.42. The second-order valence-corrected chi connectivity index (χ2v) is 6.36. The number of ketones is 1. The summed E-state index contributed by atoms with van der Waals surface area (Å²) in [5.41, 5.74) is -0.548. The summed E-state index contributed by atoms with van der Waals surface area (Å²) < 4.78 is 5.36. The van der Waals surface area contributed by atoms with Crippen LogP contribution in [0, 0.1) is 5.92 Å². The fourth-order valence-corrected chi connectivity index (χ4v) is 2.52. The van der Waals surface area contributed by atoms with E-state index in [4.69, 9.17) is 16.3 Å². The molecule has 1 aliphatic heterocycles. The summed E-state index contributed by atoms with van der Waals surface area (Å²) in [5.74, 6) is 0.335. The zero-order valence-electron chi connectivity index (χ0n) is 12.2. The Bertz CT molecular complexity index is 338. The first-order valence-electron chi connectivity index (χ1n) is 6.86. The predicted molar refractivity (Wildman–Crippen MR) is 75.5 cm³/mol. The van der Waals surface area contributed by atoms with Crippen molar-refractivity contribution < 1.29 is 14.3 Å². The lowest BCUT2D eigenvalue weighted by Gasteiger charge is -2.38. The van der Waals surface area contributed by atoms with E-state index in [1.807, 2.05) is 20.8 Å². The Morgan fingerprint density at radius 1 is 1.37 bits per heavy atom. The molecule has 0 spiro atoms. The van der Waals surface area contributed by atoms with Crippen LogP contribution in [0.5, 0.6) is 0 Å². The normalized spacial score (nSPS) is 24.2. The minimum Gasteiger partial charge on any atom is -0.444 e. The van der Waals surface area contributed by atoms with Crippen molar-refractivity contribution in [3.05, 3.63) is 0 Å². The van der Waals surface area contributed by atoms with Crippen molar-refractivity contribution in [1.29, 1.82) is 0 Å². The Morgan fingerprint density at radius 2 is 2.00 bits per heavy atom. The van der Waals surface area contributed by atoms with Gasteiger partial charge in [0.1, 0.15) is 5.60 Å². The van der Waals surface area contributed by atoms with Gasteiger partial charge in [-0.15, -0.1) is 11.6 Å². The number of Topliss-reactive ketones (excluding diaryl/α,β-unsaturated/α-hetero) is 1. The number of carbonyl (C=O) groups excluding carboxylic acids is 2. The molecule has 1 fully saturated rings. The van der Waals surface area contributed by atoms with Crippen LogP contribution in [0.4, 0.5) is 4.79 Å². The van der Waals surface area contributed by atoms with E-state index in [-0.39, 0.29) is 11.7 Å². The molecule has 1 amide bonds. The van der Waals surface area contributed by atoms with Gasteiger partial charge in [-0.2, -0.15) is 0 Å². The molecule has 2 atom stereocenters. The van der Waals surface area contributed by atoms with Gasteiger partial charge in [-0.05, 0) is 39.5 Å². The molecular formula is C14H24ClNO3. The maximum absolute atomic E-state index is 12.1. The number of halogens is 1. The largest absolute Gasteiger partial charge is 0.444 e. The Balaban J connectivity index is 2.79. The Morgan fingerprint density at radius 3 is 2.47 bits per heavy atom. The highest BCUT2D eigenvalue weighted by atomic mass is 35.5. The number of ether oxygens (including phenoxy) is 1. The number of rotatable bonds is 3. The van der Waals surface area contributed by atoms with Crippen molar-refractivity contribution in [3.8, 4) is 0 Å². The molecule has 0 aromatic heterocycles. The summed E-state index contributed by atoms with van der Waals surface area (Å²) in [4.78, 5) is 25.6. The topological polar surface area (TPSA) is 46.6 Å². The van der Waals surface area contributed by atoms with Gasteiger partial charge in [0.2, 0.25) is 0 Å². The van der Waals surface area contributed by atoms with Gasteiger partial charge < -0.3 is 4.74 Å². The Kier molecular flexibility index (Phi) is 5.65. The van der Waals surface area contributed by atoms with Crippen molar-refractivity contribution in [3.63, 3.8) is 0 Å². The number of alkyl halides is 1. The molecule has 1 aliphatic rings. The number of hydrogen-bond donors (Lipinski definition) is 0. The molecule has 5 heteroatoms. The van der Waals surface area contributed by atoms with Crippen molar-refractivity contribution in [2.75, 3.05) is 12.4 Å². The molecule has 19 heavy (non-hydrogen) atoms. The van der Waals surface area contributed by atoms with E-state index in [0.29, 0.717) is 18.9 Å². The first-order chi connectivity index (χ1) is 8.78. The quantitative estimate of drug-likeness (QED) is 0.750. The predicted octanol–water partition coefficient (Wildman–Crippen LogP) is 3.22. The molecule has 0 aromatic carbocycles.